The molecule has 0 spiro atoms. The highest BCUT2D eigenvalue weighted by Crippen LogP contribution is 2.22. The van der Waals surface area contributed by atoms with Crippen LogP contribution < -0.4 is 10.2 Å². The highest BCUT2D eigenvalue weighted by molar-refractivity contribution is 6.32. The summed E-state index contributed by atoms with van der Waals surface area (Å²) in [6, 6.07) is 14.3. The van der Waals surface area contributed by atoms with E-state index in [4.69, 9.17) is 27.9 Å². The minimum absolute atomic E-state index is 0.171. The minimum atomic E-state index is -0.382. The molecule has 2 aromatic rings. The number of halogens is 2. The second kappa shape index (κ2) is 8.98. The summed E-state index contributed by atoms with van der Waals surface area (Å²) in [6.45, 7) is -0.171. The van der Waals surface area contributed by atoms with Gasteiger partial charge in [0.1, 0.15) is 5.75 Å². The van der Waals surface area contributed by atoms with Crippen molar-refractivity contribution in [3.05, 3.63) is 70.2 Å². The Bertz CT molecular complexity index is 730. The van der Waals surface area contributed by atoms with Crippen molar-refractivity contribution in [2.75, 3.05) is 6.61 Å². The minimum Gasteiger partial charge on any atom is -0.482 e. The molecule has 0 bridgehead atoms. The zero-order valence-corrected chi connectivity index (χ0v) is 13.6. The molecule has 2 rings (SSSR count). The van der Waals surface area contributed by atoms with Gasteiger partial charge in [0.15, 0.2) is 6.61 Å². The molecule has 6 heteroatoms. The average molecular weight is 349 g/mol. The van der Waals surface area contributed by atoms with Gasteiger partial charge in [-0.25, -0.2) is 5.43 Å². The van der Waals surface area contributed by atoms with Crippen LogP contribution in [0, 0.1) is 0 Å². The summed E-state index contributed by atoms with van der Waals surface area (Å²) in [7, 11) is 0. The van der Waals surface area contributed by atoms with Crippen molar-refractivity contribution in [3.8, 4) is 5.75 Å². The van der Waals surface area contributed by atoms with E-state index < -0.39 is 0 Å². The van der Waals surface area contributed by atoms with Crippen molar-refractivity contribution in [3.63, 3.8) is 0 Å². The summed E-state index contributed by atoms with van der Waals surface area (Å²) < 4.78 is 5.29. The molecular formula is C17H14Cl2N2O2. The lowest BCUT2D eigenvalue weighted by molar-refractivity contribution is -0.123. The van der Waals surface area contributed by atoms with E-state index in [1.807, 2.05) is 18.2 Å². The molecule has 0 aliphatic carbocycles. The standard InChI is InChI=1S/C17H14Cl2N2O2/c18-14-8-2-1-6-13(14)7-5-11-20-21-17(22)12-23-16-10-4-3-9-15(16)19/h1-11H,12H2,(H,21,22). The SMILES string of the molecule is O=C(COc1ccccc1Cl)NN=CC=Cc1ccccc1Cl. The first kappa shape index (κ1) is 17.1. The molecule has 0 aromatic heterocycles. The lowest BCUT2D eigenvalue weighted by Gasteiger charge is -2.05. The Balaban J connectivity index is 1.76. The number of ether oxygens (including phenoxy) is 1. The number of carbonyl (C=O) groups excluding carboxylic acids is 1. The predicted octanol–water partition coefficient (Wildman–Crippen LogP) is 4.19. The maximum atomic E-state index is 11.6. The Hall–Kier alpha value is -2.30. The van der Waals surface area contributed by atoms with Crippen LogP contribution in [0.5, 0.6) is 5.75 Å². The number of hydrogen-bond donors (Lipinski definition) is 1. The van der Waals surface area contributed by atoms with Gasteiger partial charge in [-0.15, -0.1) is 0 Å². The highest BCUT2D eigenvalue weighted by atomic mass is 35.5. The van der Waals surface area contributed by atoms with Crippen molar-refractivity contribution in [1.82, 2.24) is 5.43 Å². The van der Waals surface area contributed by atoms with E-state index >= 15 is 0 Å². The number of benzene rings is 2. The molecule has 0 fully saturated rings. The number of para-hydroxylation sites is 1. The number of nitrogens with zero attached hydrogens (tertiary/aromatic N) is 1. The van der Waals surface area contributed by atoms with Crippen molar-refractivity contribution in [2.24, 2.45) is 5.10 Å². The summed E-state index contributed by atoms with van der Waals surface area (Å²) in [5.41, 5.74) is 3.22. The highest BCUT2D eigenvalue weighted by Gasteiger charge is 2.03. The van der Waals surface area contributed by atoms with Crippen molar-refractivity contribution in [2.45, 2.75) is 0 Å². The predicted molar refractivity (Wildman–Crippen MR) is 94.1 cm³/mol. The molecule has 2 aromatic carbocycles. The van der Waals surface area contributed by atoms with Gasteiger partial charge >= 0.3 is 0 Å². The van der Waals surface area contributed by atoms with Gasteiger partial charge in [0.2, 0.25) is 0 Å². The van der Waals surface area contributed by atoms with Gasteiger partial charge < -0.3 is 4.74 Å². The molecule has 0 aliphatic heterocycles. The molecule has 1 amide bonds. The fourth-order valence-corrected chi connectivity index (χ4v) is 2.04. The Morgan fingerprint density at radius 1 is 1.09 bits per heavy atom. The number of allylic oxidation sites excluding steroid dienone is 1. The van der Waals surface area contributed by atoms with Gasteiger partial charge in [0.25, 0.3) is 5.91 Å². The molecule has 0 saturated heterocycles. The topological polar surface area (TPSA) is 50.7 Å². The maximum Gasteiger partial charge on any atom is 0.277 e. The average Bonchev–Trinajstić information content (AvgIpc) is 2.55. The zero-order valence-electron chi connectivity index (χ0n) is 12.1. The van der Waals surface area contributed by atoms with Crippen LogP contribution in [0.1, 0.15) is 5.56 Å². The monoisotopic (exact) mass is 348 g/mol. The smallest absolute Gasteiger partial charge is 0.277 e. The first-order chi connectivity index (χ1) is 11.2. The first-order valence-corrected chi connectivity index (χ1v) is 7.53. The van der Waals surface area contributed by atoms with Crippen LogP contribution in [0.4, 0.5) is 0 Å². The Labute approximate surface area is 144 Å². The van der Waals surface area contributed by atoms with Crippen LogP contribution in [-0.2, 0) is 4.79 Å². The number of carbonyl (C=O) groups is 1. The van der Waals surface area contributed by atoms with Crippen molar-refractivity contribution < 1.29 is 9.53 Å². The molecule has 1 N–H and O–H groups in total. The summed E-state index contributed by atoms with van der Waals surface area (Å²) >= 11 is 11.9. The Morgan fingerprint density at radius 3 is 2.52 bits per heavy atom. The summed E-state index contributed by atoms with van der Waals surface area (Å²) in [5, 5.41) is 4.88. The summed E-state index contributed by atoms with van der Waals surface area (Å²) in [4.78, 5) is 11.6. The normalized spacial score (nSPS) is 11.0. The summed E-state index contributed by atoms with van der Waals surface area (Å²) in [6.07, 6.45) is 4.92. The second-order valence-electron chi connectivity index (χ2n) is 4.41. The summed E-state index contributed by atoms with van der Waals surface area (Å²) in [5.74, 6) is 0.0687. The van der Waals surface area contributed by atoms with E-state index in [9.17, 15) is 4.79 Å². The second-order valence-corrected chi connectivity index (χ2v) is 5.23. The molecule has 0 unspecified atom stereocenters. The van der Waals surface area contributed by atoms with Crippen LogP contribution in [0.2, 0.25) is 10.0 Å². The van der Waals surface area contributed by atoms with E-state index in [2.05, 4.69) is 10.5 Å². The van der Waals surface area contributed by atoms with E-state index in [0.29, 0.717) is 15.8 Å². The lowest BCUT2D eigenvalue weighted by atomic mass is 10.2. The third-order valence-corrected chi connectivity index (χ3v) is 3.38. The lowest BCUT2D eigenvalue weighted by Crippen LogP contribution is -2.24. The third-order valence-electron chi connectivity index (χ3n) is 2.73. The number of hydrazone groups is 1. The van der Waals surface area contributed by atoms with Gasteiger partial charge in [-0.2, -0.15) is 5.10 Å². The molecule has 23 heavy (non-hydrogen) atoms. The number of amides is 1. The number of hydrogen-bond acceptors (Lipinski definition) is 3. The fourth-order valence-electron chi connectivity index (χ4n) is 1.65. The van der Waals surface area contributed by atoms with Gasteiger partial charge in [0.05, 0.1) is 5.02 Å². The van der Waals surface area contributed by atoms with Crippen molar-refractivity contribution >= 4 is 41.4 Å². The fraction of sp³-hybridized carbons (Fsp3) is 0.0588. The van der Waals surface area contributed by atoms with Crippen LogP contribution in [0.3, 0.4) is 0 Å². The molecule has 0 saturated carbocycles. The van der Waals surface area contributed by atoms with Gasteiger partial charge in [-0.05, 0) is 29.8 Å². The van der Waals surface area contributed by atoms with Crippen LogP contribution in [0.15, 0.2) is 59.7 Å². The third kappa shape index (κ3) is 5.77. The maximum absolute atomic E-state index is 11.6. The largest absolute Gasteiger partial charge is 0.482 e. The molecule has 0 radical (unpaired) electrons. The van der Waals surface area contributed by atoms with E-state index in [1.54, 1.807) is 42.5 Å². The van der Waals surface area contributed by atoms with E-state index in [0.717, 1.165) is 5.56 Å². The quantitative estimate of drug-likeness (QED) is 0.628. The molecule has 0 aliphatic rings. The van der Waals surface area contributed by atoms with Crippen LogP contribution >= 0.6 is 23.2 Å². The van der Waals surface area contributed by atoms with Crippen LogP contribution in [-0.4, -0.2) is 18.7 Å². The van der Waals surface area contributed by atoms with Gasteiger partial charge in [-0.3, -0.25) is 4.79 Å². The Morgan fingerprint density at radius 2 is 1.78 bits per heavy atom. The van der Waals surface area contributed by atoms with E-state index in [1.165, 1.54) is 6.21 Å². The molecule has 4 nitrogen and oxygen atoms in total. The van der Waals surface area contributed by atoms with Gasteiger partial charge in [-0.1, -0.05) is 59.6 Å². The van der Waals surface area contributed by atoms with Gasteiger partial charge in [0, 0.05) is 11.2 Å². The first-order valence-electron chi connectivity index (χ1n) is 6.77. The Kier molecular flexibility index (Phi) is 6.66. The van der Waals surface area contributed by atoms with Crippen molar-refractivity contribution in [1.29, 1.82) is 0 Å². The zero-order chi connectivity index (χ0) is 16.5. The van der Waals surface area contributed by atoms with Crippen LogP contribution in [0.25, 0.3) is 6.08 Å². The van der Waals surface area contributed by atoms with E-state index in [-0.39, 0.29) is 12.5 Å². The molecule has 118 valence electrons. The molecule has 0 atom stereocenters. The number of nitrogens with one attached hydrogen (secondary N) is 1. The molecular weight excluding hydrogens is 335 g/mol. The molecule has 0 heterocycles. The number of rotatable bonds is 6.